The van der Waals surface area contributed by atoms with Crippen molar-refractivity contribution in [3.05, 3.63) is 0 Å². The van der Waals surface area contributed by atoms with Crippen molar-refractivity contribution < 1.29 is 29.0 Å². The molecule has 0 radical (unpaired) electrons. The van der Waals surface area contributed by atoms with E-state index in [1.165, 1.54) is 11.8 Å². The van der Waals surface area contributed by atoms with Gasteiger partial charge in [-0.2, -0.15) is 0 Å². The number of carbonyl (C=O) groups excluding carboxylic acids is 2. The number of carbonyl (C=O) groups is 3. The van der Waals surface area contributed by atoms with Gasteiger partial charge in [0, 0.05) is 19.0 Å². The predicted molar refractivity (Wildman–Crippen MR) is 130 cm³/mol. The van der Waals surface area contributed by atoms with Crippen LogP contribution in [0, 0.1) is 34.5 Å². The molecule has 0 unspecified atom stereocenters. The molecule has 4 rings (SSSR count). The number of rotatable bonds is 6. The largest absolute Gasteiger partial charge is 0.481 e. The number of nitrogens with zero attached hydrogens (tertiary/aromatic N) is 1. The summed E-state index contributed by atoms with van der Waals surface area (Å²) in [6, 6.07) is 0. The van der Waals surface area contributed by atoms with Crippen LogP contribution in [0.3, 0.4) is 0 Å². The van der Waals surface area contributed by atoms with Crippen LogP contribution in [-0.4, -0.2) is 53.0 Å². The zero-order chi connectivity index (χ0) is 25.6. The molecule has 0 spiro atoms. The third-order valence-electron chi connectivity index (χ3n) is 10.7. The molecular weight excluding hydrogens is 448 g/mol. The number of nitrogens with two attached hydrogens (primary N) is 1. The van der Waals surface area contributed by atoms with E-state index in [0.717, 1.165) is 57.8 Å². The van der Waals surface area contributed by atoms with Crippen molar-refractivity contribution in [1.29, 1.82) is 0 Å². The Bertz CT molecular complexity index is 850. The lowest BCUT2D eigenvalue weighted by Gasteiger charge is -2.64. The second-order valence-corrected chi connectivity index (χ2v) is 12.2. The van der Waals surface area contributed by atoms with Gasteiger partial charge >= 0.3 is 18.0 Å². The minimum absolute atomic E-state index is 0.0751. The Morgan fingerprint density at radius 1 is 1.03 bits per heavy atom. The van der Waals surface area contributed by atoms with Crippen molar-refractivity contribution in [3.63, 3.8) is 0 Å². The third-order valence-corrected chi connectivity index (χ3v) is 10.7. The van der Waals surface area contributed by atoms with Crippen molar-refractivity contribution in [2.24, 2.45) is 40.2 Å². The predicted octanol–water partition coefficient (Wildman–Crippen LogP) is 4.55. The Morgan fingerprint density at radius 2 is 1.77 bits per heavy atom. The fraction of sp³-hybridized carbons (Fsp3) is 0.889. The molecule has 4 aliphatic rings. The van der Waals surface area contributed by atoms with Crippen LogP contribution in [0.2, 0.25) is 0 Å². The van der Waals surface area contributed by atoms with E-state index >= 15 is 0 Å². The molecule has 0 aromatic rings. The molecule has 0 aliphatic heterocycles. The summed E-state index contributed by atoms with van der Waals surface area (Å²) in [6.45, 7) is 8.26. The lowest BCUT2D eigenvalue weighted by atomic mass is 9.42. The van der Waals surface area contributed by atoms with Gasteiger partial charge in [-0.3, -0.25) is 14.5 Å². The van der Waals surface area contributed by atoms with Gasteiger partial charge in [-0.15, -0.1) is 0 Å². The van der Waals surface area contributed by atoms with Crippen LogP contribution in [-0.2, 0) is 19.1 Å². The smallest absolute Gasteiger partial charge is 0.412 e. The molecular formula is C27H44N2O6. The van der Waals surface area contributed by atoms with E-state index < -0.39 is 23.6 Å². The molecule has 0 heterocycles. The van der Waals surface area contributed by atoms with E-state index in [9.17, 15) is 19.5 Å². The molecule has 198 valence electrons. The Balaban J connectivity index is 1.43. The minimum Gasteiger partial charge on any atom is -0.481 e. The van der Waals surface area contributed by atoms with Crippen LogP contribution in [0.4, 0.5) is 4.79 Å². The topological polar surface area (TPSA) is 119 Å². The molecule has 4 aliphatic carbocycles. The number of esters is 1. The van der Waals surface area contributed by atoms with Crippen molar-refractivity contribution in [2.45, 2.75) is 104 Å². The highest BCUT2D eigenvalue weighted by Crippen LogP contribution is 2.68. The molecule has 8 heteroatoms. The Kier molecular flexibility index (Phi) is 7.17. The third kappa shape index (κ3) is 4.34. The molecule has 8 atom stereocenters. The normalized spacial score (nSPS) is 42.3. The maximum Gasteiger partial charge on any atom is 0.412 e. The molecule has 0 bridgehead atoms. The Labute approximate surface area is 209 Å². The summed E-state index contributed by atoms with van der Waals surface area (Å²) in [7, 11) is 0. The van der Waals surface area contributed by atoms with Crippen LogP contribution in [0.5, 0.6) is 0 Å². The van der Waals surface area contributed by atoms with Crippen LogP contribution in [0.1, 0.15) is 91.9 Å². The molecule has 8 nitrogen and oxygen atoms in total. The number of fused-ring (bicyclic) bond motifs is 5. The average molecular weight is 493 g/mol. The Morgan fingerprint density at radius 3 is 2.43 bits per heavy atom. The molecule has 0 aromatic heterocycles. The fourth-order valence-electron chi connectivity index (χ4n) is 8.66. The lowest BCUT2D eigenvalue weighted by molar-refractivity contribution is -0.158. The van der Waals surface area contributed by atoms with Crippen LogP contribution < -0.4 is 5.73 Å². The first kappa shape index (κ1) is 26.2. The van der Waals surface area contributed by atoms with Crippen molar-refractivity contribution >= 4 is 18.0 Å². The summed E-state index contributed by atoms with van der Waals surface area (Å²) in [5.74, 6) is -0.132. The van der Waals surface area contributed by atoms with Gasteiger partial charge in [-0.25, -0.2) is 4.79 Å². The summed E-state index contributed by atoms with van der Waals surface area (Å²) >= 11 is 0. The molecule has 35 heavy (non-hydrogen) atoms. The van der Waals surface area contributed by atoms with Gasteiger partial charge < -0.3 is 20.3 Å². The molecule has 4 fully saturated rings. The highest BCUT2D eigenvalue weighted by atomic mass is 16.6. The van der Waals surface area contributed by atoms with Crippen LogP contribution in [0.25, 0.3) is 0 Å². The van der Waals surface area contributed by atoms with E-state index in [4.69, 9.17) is 15.2 Å². The first-order valence-electron chi connectivity index (χ1n) is 13.6. The summed E-state index contributed by atoms with van der Waals surface area (Å²) in [5, 5.41) is 9.88. The van der Waals surface area contributed by atoms with E-state index in [2.05, 4.69) is 13.8 Å². The Hall–Kier alpha value is -1.83. The van der Waals surface area contributed by atoms with E-state index in [1.807, 2.05) is 6.92 Å². The van der Waals surface area contributed by atoms with Gasteiger partial charge in [-0.1, -0.05) is 20.8 Å². The molecule has 1 amide bonds. The standard InChI is InChI=1S/C27H44N2O6/c1-5-14-29(16-34-17(2)30)24(33)35-19-8-11-25(3)18(15-19)6-7-21-20(25)9-12-26(4)22(23(31)32)10-13-27(21,26)28/h18-22H,5-16,28H2,1-4H3,(H,31,32)/t18-,19+,20+,21+,22-,25+,26-,27+/m1/s1. The average Bonchev–Trinajstić information content (AvgIpc) is 3.08. The number of aliphatic carboxylic acids is 1. The highest BCUT2D eigenvalue weighted by molar-refractivity contribution is 5.72. The first-order valence-corrected chi connectivity index (χ1v) is 13.6. The maximum absolute atomic E-state index is 12.8. The molecule has 3 N–H and O–H groups in total. The molecule has 4 saturated carbocycles. The van der Waals surface area contributed by atoms with E-state index in [1.54, 1.807) is 0 Å². The highest BCUT2D eigenvalue weighted by Gasteiger charge is 2.67. The summed E-state index contributed by atoms with van der Waals surface area (Å²) in [5.41, 5.74) is 6.59. The van der Waals surface area contributed by atoms with E-state index in [-0.39, 0.29) is 29.6 Å². The van der Waals surface area contributed by atoms with Crippen molar-refractivity contribution in [3.8, 4) is 0 Å². The first-order chi connectivity index (χ1) is 16.5. The van der Waals surface area contributed by atoms with Gasteiger partial charge in [0.2, 0.25) is 0 Å². The van der Waals surface area contributed by atoms with Gasteiger partial charge in [0.1, 0.15) is 6.10 Å². The van der Waals surface area contributed by atoms with Crippen molar-refractivity contribution in [1.82, 2.24) is 4.90 Å². The zero-order valence-corrected chi connectivity index (χ0v) is 21.9. The number of carboxylic acids is 1. The zero-order valence-electron chi connectivity index (χ0n) is 21.9. The number of amides is 1. The number of carboxylic acid groups (broad SMARTS) is 1. The van der Waals surface area contributed by atoms with Gasteiger partial charge in [0.05, 0.1) is 5.92 Å². The monoisotopic (exact) mass is 492 g/mol. The fourth-order valence-corrected chi connectivity index (χ4v) is 8.66. The number of hydrogen-bond donors (Lipinski definition) is 2. The van der Waals surface area contributed by atoms with Crippen molar-refractivity contribution in [2.75, 3.05) is 13.3 Å². The quantitative estimate of drug-likeness (QED) is 0.412. The lowest BCUT2D eigenvalue weighted by Crippen LogP contribution is -2.66. The second kappa shape index (κ2) is 9.56. The minimum atomic E-state index is -0.689. The SMILES string of the molecule is CCCN(COC(C)=O)C(=O)O[C@H]1CC[C@@]2(C)[C@H](CC[C@H]3[C@@H]2CC[C@]2(C)[C@@H](C(=O)O)CC[C@]32N)C1. The van der Waals surface area contributed by atoms with E-state index in [0.29, 0.717) is 30.7 Å². The second-order valence-electron chi connectivity index (χ2n) is 12.2. The van der Waals surface area contributed by atoms with Gasteiger partial charge in [0.15, 0.2) is 6.73 Å². The van der Waals surface area contributed by atoms with Gasteiger partial charge in [-0.05, 0) is 92.8 Å². The number of hydrogen-bond acceptors (Lipinski definition) is 6. The molecule has 0 aromatic carbocycles. The van der Waals surface area contributed by atoms with Gasteiger partial charge in [0.25, 0.3) is 0 Å². The number of ether oxygens (including phenoxy) is 2. The van der Waals surface area contributed by atoms with Crippen LogP contribution in [0.15, 0.2) is 0 Å². The van der Waals surface area contributed by atoms with Crippen LogP contribution >= 0.6 is 0 Å². The molecule has 0 saturated heterocycles. The summed E-state index contributed by atoms with van der Waals surface area (Å²) in [6.07, 6.45) is 8.36. The maximum atomic E-state index is 12.8. The summed E-state index contributed by atoms with van der Waals surface area (Å²) < 4.78 is 11.0. The summed E-state index contributed by atoms with van der Waals surface area (Å²) in [4.78, 5) is 37.5.